The summed E-state index contributed by atoms with van der Waals surface area (Å²) < 4.78 is 0. The van der Waals surface area contributed by atoms with E-state index in [9.17, 15) is 4.79 Å². The molecule has 6 nitrogen and oxygen atoms in total. The Morgan fingerprint density at radius 3 is 2.29 bits per heavy atom. The van der Waals surface area contributed by atoms with E-state index in [0.717, 1.165) is 5.69 Å². The Bertz CT molecular complexity index is 622. The number of benzene rings is 1. The number of anilines is 2. The zero-order valence-corrected chi connectivity index (χ0v) is 13.1. The lowest BCUT2D eigenvalue weighted by molar-refractivity contribution is 0.101. The van der Waals surface area contributed by atoms with Crippen molar-refractivity contribution in [2.75, 3.05) is 24.3 Å². The van der Waals surface area contributed by atoms with Crippen LogP contribution in [-0.4, -0.2) is 35.2 Å². The Balaban J connectivity index is 2.09. The maximum absolute atomic E-state index is 12.1. The number of rotatable bonds is 3. The van der Waals surface area contributed by atoms with Gasteiger partial charge in [-0.1, -0.05) is 20.8 Å². The minimum atomic E-state index is -0.320. The van der Waals surface area contributed by atoms with Gasteiger partial charge < -0.3 is 10.2 Å². The van der Waals surface area contributed by atoms with Crippen molar-refractivity contribution in [3.63, 3.8) is 0 Å². The van der Waals surface area contributed by atoms with Crippen molar-refractivity contribution in [2.45, 2.75) is 26.2 Å². The number of amides is 1. The molecule has 1 aromatic heterocycles. The molecule has 0 atom stereocenters. The number of hydrogen-bond donors (Lipinski definition) is 2. The summed E-state index contributed by atoms with van der Waals surface area (Å²) in [5, 5.41) is 9.56. The predicted molar refractivity (Wildman–Crippen MR) is 83.8 cm³/mol. The highest BCUT2D eigenvalue weighted by atomic mass is 16.2. The molecular weight excluding hydrogens is 266 g/mol. The molecule has 0 unspecified atom stereocenters. The Morgan fingerprint density at radius 1 is 1.19 bits per heavy atom. The van der Waals surface area contributed by atoms with E-state index in [4.69, 9.17) is 0 Å². The van der Waals surface area contributed by atoms with E-state index in [0.29, 0.717) is 11.5 Å². The van der Waals surface area contributed by atoms with Crippen LogP contribution in [0.1, 0.15) is 37.2 Å². The summed E-state index contributed by atoms with van der Waals surface area (Å²) in [4.78, 5) is 18.3. The fourth-order valence-electron chi connectivity index (χ4n) is 1.73. The zero-order valence-electron chi connectivity index (χ0n) is 13.1. The molecule has 0 bridgehead atoms. The number of nitrogens with zero attached hydrogens (tertiary/aromatic N) is 3. The van der Waals surface area contributed by atoms with Gasteiger partial charge >= 0.3 is 0 Å². The monoisotopic (exact) mass is 287 g/mol. The first-order valence-corrected chi connectivity index (χ1v) is 6.79. The second-order valence-electron chi connectivity index (χ2n) is 6.15. The largest absolute Gasteiger partial charge is 0.378 e. The number of aromatic nitrogens is 3. The van der Waals surface area contributed by atoms with Crippen LogP contribution in [0.4, 0.5) is 11.4 Å². The molecule has 0 radical (unpaired) electrons. The Morgan fingerprint density at radius 2 is 1.81 bits per heavy atom. The molecule has 6 heteroatoms. The molecule has 2 rings (SSSR count). The molecule has 21 heavy (non-hydrogen) atoms. The summed E-state index contributed by atoms with van der Waals surface area (Å²) in [5.74, 6) is 0.520. The van der Waals surface area contributed by atoms with E-state index in [1.165, 1.54) is 0 Å². The van der Waals surface area contributed by atoms with Crippen molar-refractivity contribution in [2.24, 2.45) is 0 Å². The smallest absolute Gasteiger partial charge is 0.295 e. The van der Waals surface area contributed by atoms with Gasteiger partial charge in [-0.05, 0) is 24.3 Å². The number of aromatic amines is 1. The second kappa shape index (κ2) is 5.55. The molecule has 2 N–H and O–H groups in total. The van der Waals surface area contributed by atoms with Gasteiger partial charge in [0.25, 0.3) is 5.91 Å². The quantitative estimate of drug-likeness (QED) is 0.909. The van der Waals surface area contributed by atoms with Gasteiger partial charge in [-0.25, -0.2) is 4.98 Å². The minimum Gasteiger partial charge on any atom is -0.378 e. The summed E-state index contributed by atoms with van der Waals surface area (Å²) in [7, 11) is 3.94. The lowest BCUT2D eigenvalue weighted by Gasteiger charge is -2.13. The molecule has 0 aliphatic rings. The highest BCUT2D eigenvalue weighted by Gasteiger charge is 2.21. The molecular formula is C15H21N5O. The number of H-pyrrole nitrogens is 1. The molecule has 112 valence electrons. The molecule has 1 heterocycles. The van der Waals surface area contributed by atoms with Crippen LogP contribution in [0.5, 0.6) is 0 Å². The van der Waals surface area contributed by atoms with Crippen LogP contribution >= 0.6 is 0 Å². The SMILES string of the molecule is CN(C)c1ccc(NC(=O)c2n[nH]c(C(C)(C)C)n2)cc1. The van der Waals surface area contributed by atoms with Crippen molar-refractivity contribution in [3.05, 3.63) is 35.9 Å². The standard InChI is InChI=1S/C15H21N5O/c1-15(2,3)14-17-12(18-19-14)13(21)16-10-6-8-11(9-7-10)20(4)5/h6-9H,1-5H3,(H,16,21)(H,17,18,19). The summed E-state index contributed by atoms with van der Waals surface area (Å²) in [6, 6.07) is 7.58. The Hall–Kier alpha value is -2.37. The van der Waals surface area contributed by atoms with Crippen LogP contribution in [-0.2, 0) is 5.41 Å². The van der Waals surface area contributed by atoms with Gasteiger partial charge in [-0.2, -0.15) is 0 Å². The van der Waals surface area contributed by atoms with E-state index < -0.39 is 0 Å². The van der Waals surface area contributed by atoms with Gasteiger partial charge in [0.15, 0.2) is 0 Å². The van der Waals surface area contributed by atoms with Gasteiger partial charge in [-0.15, -0.1) is 5.10 Å². The van der Waals surface area contributed by atoms with Crippen molar-refractivity contribution in [1.82, 2.24) is 15.2 Å². The highest BCUT2D eigenvalue weighted by molar-refractivity contribution is 6.01. The summed E-state index contributed by atoms with van der Waals surface area (Å²) in [6.45, 7) is 6.03. The van der Waals surface area contributed by atoms with E-state index in [1.807, 2.05) is 64.0 Å². The maximum Gasteiger partial charge on any atom is 0.295 e. The molecule has 0 aliphatic heterocycles. The zero-order chi connectivity index (χ0) is 15.6. The number of hydrogen-bond acceptors (Lipinski definition) is 4. The van der Waals surface area contributed by atoms with Crippen LogP contribution < -0.4 is 10.2 Å². The van der Waals surface area contributed by atoms with Crippen LogP contribution in [0.3, 0.4) is 0 Å². The van der Waals surface area contributed by atoms with Gasteiger partial charge in [-0.3, -0.25) is 9.89 Å². The average Bonchev–Trinajstić information content (AvgIpc) is 2.88. The summed E-state index contributed by atoms with van der Waals surface area (Å²) >= 11 is 0. The normalized spacial score (nSPS) is 11.3. The number of nitrogens with one attached hydrogen (secondary N) is 2. The molecule has 2 aromatic rings. The fourth-order valence-corrected chi connectivity index (χ4v) is 1.73. The van der Waals surface area contributed by atoms with Crippen LogP contribution in [0.25, 0.3) is 0 Å². The van der Waals surface area contributed by atoms with Crippen LogP contribution in [0.2, 0.25) is 0 Å². The molecule has 0 fully saturated rings. The van der Waals surface area contributed by atoms with E-state index in [1.54, 1.807) is 0 Å². The molecule has 0 aliphatic carbocycles. The van der Waals surface area contributed by atoms with Gasteiger partial charge in [0.05, 0.1) is 0 Å². The lowest BCUT2D eigenvalue weighted by Crippen LogP contribution is -2.16. The number of carbonyl (C=O) groups excluding carboxylic acids is 1. The molecule has 1 amide bonds. The van der Waals surface area contributed by atoms with Crippen molar-refractivity contribution in [1.29, 1.82) is 0 Å². The van der Waals surface area contributed by atoms with Crippen LogP contribution in [0, 0.1) is 0 Å². The highest BCUT2D eigenvalue weighted by Crippen LogP contribution is 2.18. The first kappa shape index (κ1) is 15.0. The first-order valence-electron chi connectivity index (χ1n) is 6.79. The third-order valence-electron chi connectivity index (χ3n) is 3.04. The Kier molecular flexibility index (Phi) is 3.97. The van der Waals surface area contributed by atoms with Crippen molar-refractivity contribution in [3.8, 4) is 0 Å². The molecule has 0 spiro atoms. The minimum absolute atomic E-state index is 0.150. The van der Waals surface area contributed by atoms with E-state index in [-0.39, 0.29) is 17.1 Å². The topological polar surface area (TPSA) is 73.9 Å². The molecule has 1 aromatic carbocycles. The third kappa shape index (κ3) is 3.59. The first-order chi connectivity index (χ1) is 9.77. The van der Waals surface area contributed by atoms with Crippen molar-refractivity contribution < 1.29 is 4.79 Å². The van der Waals surface area contributed by atoms with Crippen molar-refractivity contribution >= 4 is 17.3 Å². The second-order valence-corrected chi connectivity index (χ2v) is 6.15. The van der Waals surface area contributed by atoms with Crippen LogP contribution in [0.15, 0.2) is 24.3 Å². The molecule has 0 saturated carbocycles. The van der Waals surface area contributed by atoms with Gasteiger partial charge in [0.1, 0.15) is 5.82 Å². The fraction of sp³-hybridized carbons (Fsp3) is 0.400. The van der Waals surface area contributed by atoms with E-state index >= 15 is 0 Å². The van der Waals surface area contributed by atoms with E-state index in [2.05, 4.69) is 20.5 Å². The summed E-state index contributed by atoms with van der Waals surface area (Å²) in [6.07, 6.45) is 0. The average molecular weight is 287 g/mol. The number of carbonyl (C=O) groups is 1. The maximum atomic E-state index is 12.1. The Labute approximate surface area is 124 Å². The third-order valence-corrected chi connectivity index (χ3v) is 3.04. The van der Waals surface area contributed by atoms with Gasteiger partial charge in [0, 0.05) is 30.9 Å². The molecule has 0 saturated heterocycles. The van der Waals surface area contributed by atoms with Gasteiger partial charge in [0.2, 0.25) is 5.82 Å². The predicted octanol–water partition coefficient (Wildman–Crippen LogP) is 2.42. The lowest BCUT2D eigenvalue weighted by atomic mass is 9.96. The summed E-state index contributed by atoms with van der Waals surface area (Å²) in [5.41, 5.74) is 1.62.